The molecule has 1 saturated heterocycles. The molecular weight excluding hydrogens is 250 g/mol. The monoisotopic (exact) mass is 269 g/mol. The maximum Gasteiger partial charge on any atom is 0.127 e. The molecule has 1 N–H and O–H groups in total. The summed E-state index contributed by atoms with van der Waals surface area (Å²) in [5.74, 6) is 1.71. The zero-order valence-corrected chi connectivity index (χ0v) is 11.6. The quantitative estimate of drug-likeness (QED) is 0.924. The molecule has 0 saturated carbocycles. The lowest BCUT2D eigenvalue weighted by Gasteiger charge is -2.30. The zero-order chi connectivity index (χ0) is 13.8. The van der Waals surface area contributed by atoms with E-state index in [1.807, 2.05) is 42.5 Å². The molecule has 0 spiro atoms. The van der Waals surface area contributed by atoms with Crippen LogP contribution >= 0.6 is 0 Å². The van der Waals surface area contributed by atoms with Crippen LogP contribution in [0.5, 0.6) is 11.5 Å². The second kappa shape index (κ2) is 6.07. The van der Waals surface area contributed by atoms with Gasteiger partial charge in [-0.3, -0.25) is 0 Å². The second-order valence-corrected chi connectivity index (χ2v) is 4.99. The first-order chi connectivity index (χ1) is 9.83. The van der Waals surface area contributed by atoms with Crippen molar-refractivity contribution in [2.75, 3.05) is 13.2 Å². The highest BCUT2D eigenvalue weighted by Crippen LogP contribution is 2.26. The van der Waals surface area contributed by atoms with Gasteiger partial charge in [0.1, 0.15) is 11.5 Å². The number of hydrogen-bond donors (Lipinski definition) is 1. The van der Waals surface area contributed by atoms with Gasteiger partial charge in [0.15, 0.2) is 0 Å². The summed E-state index contributed by atoms with van der Waals surface area (Å²) in [7, 11) is 0. The summed E-state index contributed by atoms with van der Waals surface area (Å²) in [6.07, 6.45) is 0.199. The average Bonchev–Trinajstić information content (AvgIpc) is 2.50. The fourth-order valence-electron chi connectivity index (χ4n) is 2.48. The lowest BCUT2D eigenvalue weighted by Crippen LogP contribution is -2.40. The molecular formula is C17H19NO2. The van der Waals surface area contributed by atoms with Crippen LogP contribution in [-0.2, 0) is 4.74 Å². The summed E-state index contributed by atoms with van der Waals surface area (Å²) < 4.78 is 11.5. The van der Waals surface area contributed by atoms with E-state index in [-0.39, 0.29) is 12.1 Å². The van der Waals surface area contributed by atoms with E-state index in [4.69, 9.17) is 9.47 Å². The Morgan fingerprint density at radius 1 is 1.00 bits per heavy atom. The van der Waals surface area contributed by atoms with Crippen LogP contribution in [0.15, 0.2) is 54.6 Å². The minimum absolute atomic E-state index is 0.199. The molecule has 3 nitrogen and oxygen atoms in total. The Morgan fingerprint density at radius 2 is 1.70 bits per heavy atom. The predicted octanol–water partition coefficient (Wildman–Crippen LogP) is 3.53. The fourth-order valence-corrected chi connectivity index (χ4v) is 2.48. The third-order valence-corrected chi connectivity index (χ3v) is 3.53. The molecule has 3 rings (SSSR count). The number of ether oxygens (including phenoxy) is 2. The molecule has 1 aliphatic rings. The molecule has 20 heavy (non-hydrogen) atoms. The number of rotatable bonds is 3. The van der Waals surface area contributed by atoms with Gasteiger partial charge in [-0.15, -0.1) is 0 Å². The van der Waals surface area contributed by atoms with Crippen molar-refractivity contribution in [1.29, 1.82) is 0 Å². The topological polar surface area (TPSA) is 30.5 Å². The van der Waals surface area contributed by atoms with E-state index in [9.17, 15) is 0 Å². The van der Waals surface area contributed by atoms with Crippen molar-refractivity contribution in [1.82, 2.24) is 5.32 Å². The number of hydrogen-bond acceptors (Lipinski definition) is 3. The van der Waals surface area contributed by atoms with Crippen LogP contribution in [0.2, 0.25) is 0 Å². The van der Waals surface area contributed by atoms with Crippen LogP contribution in [0.3, 0.4) is 0 Å². The van der Waals surface area contributed by atoms with Crippen molar-refractivity contribution in [3.63, 3.8) is 0 Å². The van der Waals surface area contributed by atoms with E-state index in [2.05, 4.69) is 24.4 Å². The molecule has 3 heteroatoms. The van der Waals surface area contributed by atoms with Crippen LogP contribution in [0.25, 0.3) is 0 Å². The maximum atomic E-state index is 5.80. The highest BCUT2D eigenvalue weighted by Gasteiger charge is 2.22. The van der Waals surface area contributed by atoms with Crippen molar-refractivity contribution in [3.8, 4) is 11.5 Å². The summed E-state index contributed by atoms with van der Waals surface area (Å²) >= 11 is 0. The van der Waals surface area contributed by atoms with Gasteiger partial charge >= 0.3 is 0 Å². The van der Waals surface area contributed by atoms with E-state index in [0.29, 0.717) is 0 Å². The van der Waals surface area contributed by atoms with Gasteiger partial charge in [0, 0.05) is 6.54 Å². The lowest BCUT2D eigenvalue weighted by atomic mass is 10.0. The normalized spacial score (nSPS) is 22.4. The van der Waals surface area contributed by atoms with Crippen molar-refractivity contribution in [2.24, 2.45) is 0 Å². The molecule has 0 aromatic heterocycles. The SMILES string of the molecule is CC1OCCNC1c1ccc(Oc2ccccc2)cc1. The molecule has 104 valence electrons. The van der Waals surface area contributed by atoms with Crippen LogP contribution in [-0.4, -0.2) is 19.3 Å². The molecule has 0 bridgehead atoms. The summed E-state index contributed by atoms with van der Waals surface area (Å²) in [5, 5.41) is 3.49. The standard InChI is InChI=1S/C17H19NO2/c1-13-17(18-11-12-19-13)14-7-9-16(10-8-14)20-15-5-3-2-4-6-15/h2-10,13,17-18H,11-12H2,1H3. The smallest absolute Gasteiger partial charge is 0.127 e. The molecule has 2 unspecified atom stereocenters. The third kappa shape index (κ3) is 3.00. The van der Waals surface area contributed by atoms with Crippen LogP contribution in [0, 0.1) is 0 Å². The first-order valence-corrected chi connectivity index (χ1v) is 7.01. The van der Waals surface area contributed by atoms with Crippen molar-refractivity contribution in [3.05, 3.63) is 60.2 Å². The van der Waals surface area contributed by atoms with Crippen molar-refractivity contribution < 1.29 is 9.47 Å². The first kappa shape index (κ1) is 13.2. The molecule has 2 atom stereocenters. The first-order valence-electron chi connectivity index (χ1n) is 7.01. The largest absolute Gasteiger partial charge is 0.457 e. The Bertz CT molecular complexity index is 539. The highest BCUT2D eigenvalue weighted by molar-refractivity contribution is 5.34. The number of benzene rings is 2. The lowest BCUT2D eigenvalue weighted by molar-refractivity contribution is 0.00755. The Hall–Kier alpha value is -1.84. The maximum absolute atomic E-state index is 5.80. The predicted molar refractivity (Wildman–Crippen MR) is 79.1 cm³/mol. The van der Waals surface area contributed by atoms with E-state index in [1.54, 1.807) is 0 Å². The van der Waals surface area contributed by atoms with Crippen molar-refractivity contribution >= 4 is 0 Å². The molecule has 0 amide bonds. The molecule has 2 aromatic carbocycles. The molecule has 0 radical (unpaired) electrons. The van der Waals surface area contributed by atoms with Crippen LogP contribution < -0.4 is 10.1 Å². The van der Waals surface area contributed by atoms with E-state index in [1.165, 1.54) is 5.56 Å². The van der Waals surface area contributed by atoms with Gasteiger partial charge in [0.05, 0.1) is 18.8 Å². The van der Waals surface area contributed by atoms with Crippen LogP contribution in [0.4, 0.5) is 0 Å². The fraction of sp³-hybridized carbons (Fsp3) is 0.294. The molecule has 1 aliphatic heterocycles. The highest BCUT2D eigenvalue weighted by atomic mass is 16.5. The minimum atomic E-state index is 0.199. The molecule has 0 aliphatic carbocycles. The minimum Gasteiger partial charge on any atom is -0.457 e. The van der Waals surface area contributed by atoms with Gasteiger partial charge in [-0.1, -0.05) is 30.3 Å². The molecule has 2 aromatic rings. The Kier molecular flexibility index (Phi) is 4.00. The average molecular weight is 269 g/mol. The van der Waals surface area contributed by atoms with Crippen LogP contribution in [0.1, 0.15) is 18.5 Å². The Morgan fingerprint density at radius 3 is 2.40 bits per heavy atom. The van der Waals surface area contributed by atoms with E-state index >= 15 is 0 Å². The van der Waals surface area contributed by atoms with Gasteiger partial charge < -0.3 is 14.8 Å². The summed E-state index contributed by atoms with van der Waals surface area (Å²) in [4.78, 5) is 0. The van der Waals surface area contributed by atoms with Gasteiger partial charge in [0.2, 0.25) is 0 Å². The second-order valence-electron chi connectivity index (χ2n) is 4.99. The van der Waals surface area contributed by atoms with Gasteiger partial charge in [0.25, 0.3) is 0 Å². The number of morpholine rings is 1. The van der Waals surface area contributed by atoms with E-state index < -0.39 is 0 Å². The van der Waals surface area contributed by atoms with Crippen molar-refractivity contribution in [2.45, 2.75) is 19.1 Å². The molecule has 1 heterocycles. The third-order valence-electron chi connectivity index (χ3n) is 3.53. The zero-order valence-electron chi connectivity index (χ0n) is 11.6. The summed E-state index contributed by atoms with van der Waals surface area (Å²) in [6, 6.07) is 18.3. The Labute approximate surface area is 119 Å². The van der Waals surface area contributed by atoms with Gasteiger partial charge in [-0.05, 0) is 36.8 Å². The number of nitrogens with one attached hydrogen (secondary N) is 1. The number of para-hydroxylation sites is 1. The Balaban J connectivity index is 1.71. The van der Waals surface area contributed by atoms with Gasteiger partial charge in [-0.2, -0.15) is 0 Å². The van der Waals surface area contributed by atoms with E-state index in [0.717, 1.165) is 24.7 Å². The summed E-state index contributed by atoms with van der Waals surface area (Å²) in [5.41, 5.74) is 1.23. The summed E-state index contributed by atoms with van der Waals surface area (Å²) in [6.45, 7) is 3.79. The molecule has 1 fully saturated rings. The van der Waals surface area contributed by atoms with Gasteiger partial charge in [-0.25, -0.2) is 0 Å².